The molecule has 184 valence electrons. The number of nitrogens with zero attached hydrogens (tertiary/aromatic N) is 3. The van der Waals surface area contributed by atoms with Crippen LogP contribution in [0, 0.1) is 11.8 Å². The van der Waals surface area contributed by atoms with E-state index in [0.717, 1.165) is 32.1 Å². The monoisotopic (exact) mass is 486 g/mol. The van der Waals surface area contributed by atoms with E-state index in [1.54, 1.807) is 24.1 Å². The summed E-state index contributed by atoms with van der Waals surface area (Å²) in [5, 5.41) is 11.1. The van der Waals surface area contributed by atoms with Crippen molar-refractivity contribution in [1.29, 1.82) is 0 Å². The molecule has 34 heavy (non-hydrogen) atoms. The van der Waals surface area contributed by atoms with E-state index in [0.29, 0.717) is 24.3 Å². The first kappa shape index (κ1) is 25.9. The number of nitrogens with one attached hydrogen (secondary N) is 1. The van der Waals surface area contributed by atoms with Gasteiger partial charge in [0.05, 0.1) is 6.04 Å². The van der Waals surface area contributed by atoms with Gasteiger partial charge in [-0.15, -0.1) is 10.2 Å². The van der Waals surface area contributed by atoms with Gasteiger partial charge in [0.1, 0.15) is 0 Å². The maximum absolute atomic E-state index is 13.1. The van der Waals surface area contributed by atoms with Crippen LogP contribution in [-0.4, -0.2) is 58.1 Å². The Balaban J connectivity index is 1.54. The Bertz CT molecular complexity index is 957. The van der Waals surface area contributed by atoms with Gasteiger partial charge in [0.2, 0.25) is 11.7 Å². The third-order valence-corrected chi connectivity index (χ3v) is 6.75. The van der Waals surface area contributed by atoms with Crippen molar-refractivity contribution >= 4 is 29.4 Å². The number of hydrogen-bond donors (Lipinski definition) is 1. The molecule has 1 aromatic carbocycles. The zero-order chi connectivity index (χ0) is 24.5. The van der Waals surface area contributed by atoms with Crippen molar-refractivity contribution in [2.75, 3.05) is 19.3 Å². The molecule has 1 aromatic heterocycles. The molecule has 3 rings (SSSR count). The average molecular weight is 487 g/mol. The maximum Gasteiger partial charge on any atom is 0.286 e. The third-order valence-electron chi connectivity index (χ3n) is 5.95. The molecule has 2 amide bonds. The van der Waals surface area contributed by atoms with Crippen LogP contribution in [-0.2, 0) is 4.79 Å². The second kappa shape index (κ2) is 12.7. The molecule has 1 aliphatic rings. The minimum absolute atomic E-state index is 0.0272. The predicted molar refractivity (Wildman–Crippen MR) is 131 cm³/mol. The molecule has 1 atom stereocenters. The Morgan fingerprint density at radius 1 is 1.12 bits per heavy atom. The summed E-state index contributed by atoms with van der Waals surface area (Å²) in [6, 6.07) is 8.41. The predicted octanol–water partition coefficient (Wildman–Crippen LogP) is 4.23. The lowest BCUT2D eigenvalue weighted by molar-refractivity contribution is -0.126. The van der Waals surface area contributed by atoms with Gasteiger partial charge >= 0.3 is 0 Å². The van der Waals surface area contributed by atoms with Crippen LogP contribution in [0.2, 0.25) is 0 Å². The summed E-state index contributed by atoms with van der Waals surface area (Å²) >= 11 is 1.29. The van der Waals surface area contributed by atoms with Crippen molar-refractivity contribution in [2.24, 2.45) is 11.8 Å². The molecular weight excluding hydrogens is 452 g/mol. The molecule has 1 fully saturated rings. The van der Waals surface area contributed by atoms with Crippen LogP contribution < -0.4 is 5.32 Å². The van der Waals surface area contributed by atoms with Gasteiger partial charge in [-0.05, 0) is 37.3 Å². The summed E-state index contributed by atoms with van der Waals surface area (Å²) in [5.74, 6) is 0.167. The molecule has 0 unspecified atom stereocenters. The molecule has 9 heteroatoms. The smallest absolute Gasteiger partial charge is 0.286 e. The molecule has 1 N–H and O–H groups in total. The number of aromatic nitrogens is 2. The summed E-state index contributed by atoms with van der Waals surface area (Å²) in [6.07, 6.45) is 5.52. The normalized spacial score (nSPS) is 15.2. The van der Waals surface area contributed by atoms with Crippen molar-refractivity contribution in [3.05, 3.63) is 41.8 Å². The van der Waals surface area contributed by atoms with Crippen LogP contribution in [0.4, 0.5) is 0 Å². The quantitative estimate of drug-likeness (QED) is 0.374. The minimum Gasteiger partial charge on any atom is -0.408 e. The van der Waals surface area contributed by atoms with Crippen LogP contribution in [0.1, 0.15) is 73.4 Å². The summed E-state index contributed by atoms with van der Waals surface area (Å²) in [6.45, 7) is 4.50. The molecule has 1 heterocycles. The number of carbonyl (C=O) groups excluding carboxylic acids is 3. The second-order valence-electron chi connectivity index (χ2n) is 9.20. The lowest BCUT2D eigenvalue weighted by Gasteiger charge is -2.24. The molecular formula is C25H34N4O4S. The lowest BCUT2D eigenvalue weighted by Crippen LogP contribution is -2.45. The van der Waals surface area contributed by atoms with Gasteiger partial charge in [0.25, 0.3) is 17.0 Å². The Morgan fingerprint density at radius 3 is 2.50 bits per heavy atom. The highest BCUT2D eigenvalue weighted by atomic mass is 32.2. The van der Waals surface area contributed by atoms with Crippen LogP contribution in [0.15, 0.2) is 40.0 Å². The van der Waals surface area contributed by atoms with E-state index >= 15 is 0 Å². The van der Waals surface area contributed by atoms with Gasteiger partial charge in [-0.25, -0.2) is 0 Å². The minimum atomic E-state index is -0.678. The summed E-state index contributed by atoms with van der Waals surface area (Å²) in [4.78, 5) is 39.9. The fourth-order valence-corrected chi connectivity index (χ4v) is 4.82. The van der Waals surface area contributed by atoms with Crippen LogP contribution in [0.3, 0.4) is 0 Å². The first-order valence-electron chi connectivity index (χ1n) is 12.0. The summed E-state index contributed by atoms with van der Waals surface area (Å²) in [7, 11) is 1.74. The lowest BCUT2D eigenvalue weighted by atomic mass is 9.88. The molecule has 0 radical (unpaired) electrons. The molecule has 2 aromatic rings. The van der Waals surface area contributed by atoms with Crippen molar-refractivity contribution in [1.82, 2.24) is 20.4 Å². The molecule has 8 nitrogen and oxygen atoms in total. The van der Waals surface area contributed by atoms with E-state index in [1.807, 2.05) is 32.0 Å². The zero-order valence-electron chi connectivity index (χ0n) is 20.2. The van der Waals surface area contributed by atoms with Gasteiger partial charge in [0, 0.05) is 30.8 Å². The standard InChI is InChI=1S/C25H34N4O4S/c1-17(2)16-20(26-22(31)18-10-6-4-7-11-18)21(30)23-27-28-25(33-23)34-15-14-29(3)24(32)19-12-8-5-9-13-19/h5,8-9,12-13,17-18,20H,4,6-7,10-11,14-16H2,1-3H3,(H,26,31)/t20-/m0/s1. The largest absolute Gasteiger partial charge is 0.408 e. The Labute approximate surface area is 205 Å². The van der Waals surface area contributed by atoms with Gasteiger partial charge in [-0.3, -0.25) is 14.4 Å². The number of ketones is 1. The number of amides is 2. The number of carbonyl (C=O) groups is 3. The van der Waals surface area contributed by atoms with Crippen molar-refractivity contribution in [3.8, 4) is 0 Å². The highest BCUT2D eigenvalue weighted by Crippen LogP contribution is 2.24. The fraction of sp³-hybridized carbons (Fsp3) is 0.560. The fourth-order valence-electron chi connectivity index (χ4n) is 4.05. The maximum atomic E-state index is 13.1. The number of thioether (sulfide) groups is 1. The van der Waals surface area contributed by atoms with E-state index < -0.39 is 6.04 Å². The number of hydrogen-bond acceptors (Lipinski definition) is 7. The van der Waals surface area contributed by atoms with Crippen molar-refractivity contribution in [3.63, 3.8) is 0 Å². The van der Waals surface area contributed by atoms with E-state index in [1.165, 1.54) is 11.8 Å². The Hall–Kier alpha value is -2.68. The van der Waals surface area contributed by atoms with E-state index in [-0.39, 0.29) is 40.5 Å². The average Bonchev–Trinajstić information content (AvgIpc) is 3.32. The highest BCUT2D eigenvalue weighted by molar-refractivity contribution is 7.99. The van der Waals surface area contributed by atoms with Crippen LogP contribution in [0.5, 0.6) is 0 Å². The van der Waals surface area contributed by atoms with Crippen molar-refractivity contribution in [2.45, 2.75) is 63.6 Å². The van der Waals surface area contributed by atoms with Gasteiger partial charge in [0.15, 0.2) is 0 Å². The third kappa shape index (κ3) is 7.41. The molecule has 0 spiro atoms. The zero-order valence-corrected chi connectivity index (χ0v) is 21.0. The van der Waals surface area contributed by atoms with Crippen LogP contribution in [0.25, 0.3) is 0 Å². The summed E-state index contributed by atoms with van der Waals surface area (Å²) in [5.41, 5.74) is 0.632. The SMILES string of the molecule is CC(C)C[C@H](NC(=O)C1CCCCC1)C(=O)c1nnc(SCCN(C)C(=O)c2ccccc2)o1. The van der Waals surface area contributed by atoms with Gasteiger partial charge in [-0.2, -0.15) is 0 Å². The van der Waals surface area contributed by atoms with Crippen molar-refractivity contribution < 1.29 is 18.8 Å². The summed E-state index contributed by atoms with van der Waals surface area (Å²) < 4.78 is 5.60. The molecule has 0 aliphatic heterocycles. The molecule has 1 aliphatic carbocycles. The van der Waals surface area contributed by atoms with E-state index in [2.05, 4.69) is 15.5 Å². The highest BCUT2D eigenvalue weighted by Gasteiger charge is 2.30. The number of rotatable bonds is 11. The molecule has 0 saturated heterocycles. The van der Waals surface area contributed by atoms with Gasteiger partial charge < -0.3 is 14.6 Å². The van der Waals surface area contributed by atoms with Crippen LogP contribution >= 0.6 is 11.8 Å². The number of Topliss-reactive ketones (excluding diaryl/α,β-unsaturated/α-hetero) is 1. The first-order valence-corrected chi connectivity index (χ1v) is 12.9. The second-order valence-corrected chi connectivity index (χ2v) is 10.3. The molecule has 0 bridgehead atoms. The van der Waals surface area contributed by atoms with E-state index in [9.17, 15) is 14.4 Å². The molecule has 1 saturated carbocycles. The Morgan fingerprint density at radius 2 is 1.82 bits per heavy atom. The van der Waals surface area contributed by atoms with Gasteiger partial charge in [-0.1, -0.05) is 63.1 Å². The van der Waals surface area contributed by atoms with E-state index in [4.69, 9.17) is 4.42 Å². The topological polar surface area (TPSA) is 105 Å². The first-order chi connectivity index (χ1) is 16.3. The number of benzene rings is 1. The Kier molecular flexibility index (Phi) is 9.68.